The number of allylic oxidation sites excluding steroid dienone is 1. The Kier molecular flexibility index (Phi) is 1.92. The van der Waals surface area contributed by atoms with E-state index in [-0.39, 0.29) is 17.8 Å². The molecule has 0 atom stereocenters. The molecule has 5 heteroatoms. The van der Waals surface area contributed by atoms with Gasteiger partial charge in [-0.1, -0.05) is 0 Å². The van der Waals surface area contributed by atoms with Gasteiger partial charge in [0.25, 0.3) is 0 Å². The molecule has 4 nitrogen and oxygen atoms in total. The van der Waals surface area contributed by atoms with Gasteiger partial charge in [0, 0.05) is 6.42 Å². The lowest BCUT2D eigenvalue weighted by Gasteiger charge is -1.98. The van der Waals surface area contributed by atoms with Crippen LogP contribution in [0.4, 0.5) is 0 Å². The minimum absolute atomic E-state index is 0.00153. The van der Waals surface area contributed by atoms with Crippen molar-refractivity contribution in [2.24, 2.45) is 0 Å². The topological polar surface area (TPSA) is 66.8 Å². The van der Waals surface area contributed by atoms with Crippen LogP contribution in [0.2, 0.25) is 0 Å². The van der Waals surface area contributed by atoms with Crippen molar-refractivity contribution < 1.29 is 19.6 Å². The average molecular weight is 140 g/mol. The lowest BCUT2D eigenvalue weighted by molar-refractivity contribution is 0.308. The van der Waals surface area contributed by atoms with E-state index in [1.54, 1.807) is 0 Å². The molecule has 0 amide bonds. The van der Waals surface area contributed by atoms with E-state index in [9.17, 15) is 4.79 Å². The minimum Gasteiger partial charge on any atom is -0.458 e. The van der Waals surface area contributed by atoms with Gasteiger partial charge in [-0.3, -0.25) is 0 Å². The molecule has 10 heavy (non-hydrogen) atoms. The van der Waals surface area contributed by atoms with Gasteiger partial charge >= 0.3 is 7.12 Å². The summed E-state index contributed by atoms with van der Waals surface area (Å²) >= 11 is 0. The van der Waals surface area contributed by atoms with E-state index in [1.165, 1.54) is 12.0 Å². The first-order valence-corrected chi connectivity index (χ1v) is 2.72. The van der Waals surface area contributed by atoms with Gasteiger partial charge in [0.15, 0.2) is 11.7 Å². The highest BCUT2D eigenvalue weighted by atomic mass is 16.5. The zero-order valence-corrected chi connectivity index (χ0v) is 5.07. The summed E-state index contributed by atoms with van der Waals surface area (Å²) in [5, 5.41) is 17.0. The maximum Gasteiger partial charge on any atom is 0.526 e. The van der Waals surface area contributed by atoms with Crippen LogP contribution in [0.15, 0.2) is 17.5 Å². The molecule has 0 bridgehead atoms. The molecule has 0 fully saturated rings. The van der Waals surface area contributed by atoms with E-state index in [0.29, 0.717) is 0 Å². The fraction of sp³-hybridized carbons (Fsp3) is 0.200. The summed E-state index contributed by atoms with van der Waals surface area (Å²) in [5.41, 5.74) is -0.00153. The highest BCUT2D eigenvalue weighted by Crippen LogP contribution is 2.17. The molecule has 0 aromatic carbocycles. The van der Waals surface area contributed by atoms with Crippen LogP contribution in [0.25, 0.3) is 0 Å². The highest BCUT2D eigenvalue weighted by molar-refractivity contribution is 6.49. The number of hydrogen-bond acceptors (Lipinski definition) is 4. The summed E-state index contributed by atoms with van der Waals surface area (Å²) in [5.74, 6) is 1.61. The summed E-state index contributed by atoms with van der Waals surface area (Å²) in [6.07, 6.45) is 1.71. The van der Waals surface area contributed by atoms with Gasteiger partial charge in [-0.2, -0.15) is 0 Å². The summed E-state index contributed by atoms with van der Waals surface area (Å²) < 4.78 is 4.63. The number of ether oxygens (including phenoxy) is 1. The summed E-state index contributed by atoms with van der Waals surface area (Å²) in [7, 11) is -1.63. The predicted octanol–water partition coefficient (Wildman–Crippen LogP) is -0.982. The Balaban J connectivity index is 2.63. The van der Waals surface area contributed by atoms with E-state index in [4.69, 9.17) is 10.0 Å². The van der Waals surface area contributed by atoms with Crippen LogP contribution in [0, 0.1) is 0 Å². The molecular weight excluding hydrogens is 135 g/mol. The average Bonchev–Trinajstić information content (AvgIpc) is 2.34. The predicted molar refractivity (Wildman–Crippen MR) is 33.2 cm³/mol. The molecule has 1 heterocycles. The highest BCUT2D eigenvalue weighted by Gasteiger charge is 2.23. The van der Waals surface area contributed by atoms with Gasteiger partial charge in [0.1, 0.15) is 5.66 Å². The van der Waals surface area contributed by atoms with Crippen LogP contribution in [0.3, 0.4) is 0 Å². The normalized spacial score (nSPS) is 15.8. The second-order valence-electron chi connectivity index (χ2n) is 1.81. The molecular formula is C5H5BO4. The Morgan fingerprint density at radius 1 is 1.70 bits per heavy atom. The molecule has 52 valence electrons. The zero-order chi connectivity index (χ0) is 7.56. The first-order valence-electron chi connectivity index (χ1n) is 2.72. The molecule has 0 aliphatic carbocycles. The zero-order valence-electron chi connectivity index (χ0n) is 5.07. The van der Waals surface area contributed by atoms with Gasteiger partial charge in [-0.05, 0) is 6.08 Å². The van der Waals surface area contributed by atoms with Crippen molar-refractivity contribution in [2.75, 3.05) is 0 Å². The van der Waals surface area contributed by atoms with Gasteiger partial charge in [-0.15, -0.1) is 0 Å². The lowest BCUT2D eigenvalue weighted by Crippen LogP contribution is -2.15. The number of hydrogen-bond donors (Lipinski definition) is 2. The standard InChI is InChI=1S/C5H5BO4/c7-3-4-1-2-5(10-4)6(8)9/h2,8-9H,1H2. The maximum atomic E-state index is 9.89. The first kappa shape index (κ1) is 7.09. The molecule has 0 unspecified atom stereocenters. The minimum atomic E-state index is -1.63. The smallest absolute Gasteiger partial charge is 0.458 e. The van der Waals surface area contributed by atoms with Crippen LogP contribution < -0.4 is 0 Å². The van der Waals surface area contributed by atoms with E-state index in [2.05, 4.69) is 4.74 Å². The third-order valence-corrected chi connectivity index (χ3v) is 1.10. The maximum absolute atomic E-state index is 9.89. The van der Waals surface area contributed by atoms with E-state index >= 15 is 0 Å². The molecule has 2 N–H and O–H groups in total. The van der Waals surface area contributed by atoms with E-state index in [0.717, 1.165) is 0 Å². The molecule has 0 saturated heterocycles. The van der Waals surface area contributed by atoms with Gasteiger partial charge in [0.05, 0.1) is 0 Å². The molecule has 0 radical (unpaired) electrons. The lowest BCUT2D eigenvalue weighted by atomic mass is 9.88. The van der Waals surface area contributed by atoms with Crippen LogP contribution >= 0.6 is 0 Å². The van der Waals surface area contributed by atoms with E-state index < -0.39 is 7.12 Å². The summed E-state index contributed by atoms with van der Waals surface area (Å²) in [6.45, 7) is 0. The third-order valence-electron chi connectivity index (χ3n) is 1.10. The van der Waals surface area contributed by atoms with Crippen molar-refractivity contribution in [3.8, 4) is 0 Å². The SMILES string of the molecule is O=C=C1CC=C(B(O)O)O1. The van der Waals surface area contributed by atoms with Crippen LogP contribution in [-0.2, 0) is 9.53 Å². The molecule has 0 saturated carbocycles. The van der Waals surface area contributed by atoms with E-state index in [1.807, 2.05) is 0 Å². The van der Waals surface area contributed by atoms with Crippen molar-refractivity contribution in [2.45, 2.75) is 6.42 Å². The van der Waals surface area contributed by atoms with Crippen molar-refractivity contribution in [1.29, 1.82) is 0 Å². The fourth-order valence-corrected chi connectivity index (χ4v) is 0.639. The molecule has 0 aromatic rings. The van der Waals surface area contributed by atoms with Crippen LogP contribution in [0.1, 0.15) is 6.42 Å². The van der Waals surface area contributed by atoms with Crippen molar-refractivity contribution >= 4 is 13.1 Å². The van der Waals surface area contributed by atoms with Gasteiger partial charge < -0.3 is 14.8 Å². The largest absolute Gasteiger partial charge is 0.526 e. The van der Waals surface area contributed by atoms with Gasteiger partial charge in [0.2, 0.25) is 0 Å². The summed E-state index contributed by atoms with van der Waals surface area (Å²) in [4.78, 5) is 9.89. The van der Waals surface area contributed by atoms with Crippen molar-refractivity contribution in [3.05, 3.63) is 17.5 Å². The summed E-state index contributed by atoms with van der Waals surface area (Å²) in [6, 6.07) is 0. The van der Waals surface area contributed by atoms with Crippen LogP contribution in [-0.4, -0.2) is 23.1 Å². The Labute approximate surface area is 57.6 Å². The quantitative estimate of drug-likeness (QED) is 0.362. The molecule has 1 aliphatic heterocycles. The van der Waals surface area contributed by atoms with Crippen molar-refractivity contribution in [1.82, 2.24) is 0 Å². The van der Waals surface area contributed by atoms with Crippen LogP contribution in [0.5, 0.6) is 0 Å². The molecule has 0 spiro atoms. The molecule has 1 rings (SSSR count). The molecule has 0 aromatic heterocycles. The Bertz CT molecular complexity index is 214. The third kappa shape index (κ3) is 1.27. The Morgan fingerprint density at radius 3 is 2.70 bits per heavy atom. The molecule has 1 aliphatic rings. The first-order chi connectivity index (χ1) is 4.74. The number of rotatable bonds is 1. The monoisotopic (exact) mass is 140 g/mol. The fourth-order valence-electron chi connectivity index (χ4n) is 0.639. The number of carbonyl (C=O) groups excluding carboxylic acids is 1. The Morgan fingerprint density at radius 2 is 2.40 bits per heavy atom. The second-order valence-corrected chi connectivity index (χ2v) is 1.81. The Hall–Kier alpha value is -1.03. The second kappa shape index (κ2) is 2.71. The van der Waals surface area contributed by atoms with Crippen molar-refractivity contribution in [3.63, 3.8) is 0 Å². The van der Waals surface area contributed by atoms with Gasteiger partial charge in [-0.25, -0.2) is 4.79 Å².